The third-order valence-electron chi connectivity index (χ3n) is 8.43. The first kappa shape index (κ1) is 20.7. The van der Waals surface area contributed by atoms with E-state index >= 15 is 0 Å². The van der Waals surface area contributed by atoms with E-state index in [0.717, 1.165) is 43.8 Å². The van der Waals surface area contributed by atoms with Crippen molar-refractivity contribution >= 4 is 64.6 Å². The van der Waals surface area contributed by atoms with Gasteiger partial charge >= 0.3 is 11.3 Å². The van der Waals surface area contributed by atoms with Crippen LogP contribution in [0.5, 0.6) is 0 Å². The Morgan fingerprint density at radius 2 is 0.718 bits per heavy atom. The second kappa shape index (κ2) is 7.18. The third kappa shape index (κ3) is 2.47. The monoisotopic (exact) mass is 498 g/mol. The summed E-state index contributed by atoms with van der Waals surface area (Å²) in [4.78, 5) is 26.8. The summed E-state index contributed by atoms with van der Waals surface area (Å²) in [5, 5.41) is 12.2. The number of rotatable bonds is 2. The molecule has 3 nitrogen and oxygen atoms in total. The Morgan fingerprint density at radius 1 is 0.333 bits per heavy atom. The SMILES string of the molecule is O=c1oc(=O)c2c(-c3ccccc3)c3c4ccc5c6ccccc6c6ccc(c3c(-c3ccccc3)c12)c4c65. The number of hydrogen-bond acceptors (Lipinski definition) is 3. The Kier molecular flexibility index (Phi) is 3.82. The molecule has 0 unspecified atom stereocenters. The average molecular weight is 499 g/mol. The zero-order valence-corrected chi connectivity index (χ0v) is 20.6. The molecule has 0 spiro atoms. The molecule has 0 N–H and O–H groups in total. The van der Waals surface area contributed by atoms with Gasteiger partial charge in [-0.15, -0.1) is 0 Å². The molecule has 0 amide bonds. The van der Waals surface area contributed by atoms with Gasteiger partial charge in [0, 0.05) is 11.1 Å². The summed E-state index contributed by atoms with van der Waals surface area (Å²) in [5.74, 6) is 0. The number of furan rings is 1. The quantitative estimate of drug-likeness (QED) is 0.240. The molecule has 1 heterocycles. The van der Waals surface area contributed by atoms with E-state index in [1.807, 2.05) is 60.7 Å². The molecule has 0 fully saturated rings. The van der Waals surface area contributed by atoms with E-state index < -0.39 is 11.3 Å². The van der Waals surface area contributed by atoms with E-state index in [1.54, 1.807) is 0 Å². The first-order chi connectivity index (χ1) is 19.2. The summed E-state index contributed by atoms with van der Waals surface area (Å²) < 4.78 is 5.31. The maximum absolute atomic E-state index is 13.4. The summed E-state index contributed by atoms with van der Waals surface area (Å²) in [6.45, 7) is 0. The van der Waals surface area contributed by atoms with Crippen LogP contribution in [-0.2, 0) is 0 Å². The van der Waals surface area contributed by atoms with Crippen molar-refractivity contribution in [1.82, 2.24) is 0 Å². The second-order valence-electron chi connectivity index (χ2n) is 10.3. The van der Waals surface area contributed by atoms with Crippen molar-refractivity contribution < 1.29 is 4.42 Å². The first-order valence-corrected chi connectivity index (χ1v) is 13.0. The molecule has 0 radical (unpaired) electrons. The fraction of sp³-hybridized carbons (Fsp3) is 0. The van der Waals surface area contributed by atoms with E-state index in [2.05, 4.69) is 48.5 Å². The molecular formula is C36H18O3. The summed E-state index contributed by atoms with van der Waals surface area (Å²) in [6.07, 6.45) is 0. The van der Waals surface area contributed by atoms with Crippen molar-refractivity contribution in [2.75, 3.05) is 0 Å². The van der Waals surface area contributed by atoms with Crippen LogP contribution < -0.4 is 11.3 Å². The molecule has 0 bridgehead atoms. The molecule has 0 saturated carbocycles. The Morgan fingerprint density at radius 3 is 1.18 bits per heavy atom. The Labute approximate surface area is 221 Å². The third-order valence-corrected chi connectivity index (χ3v) is 8.43. The minimum absolute atomic E-state index is 0.354. The van der Waals surface area contributed by atoms with Gasteiger partial charge in [0.1, 0.15) is 0 Å². The molecule has 39 heavy (non-hydrogen) atoms. The van der Waals surface area contributed by atoms with Crippen LogP contribution in [0.4, 0.5) is 0 Å². The molecule has 1 aromatic heterocycles. The lowest BCUT2D eigenvalue weighted by Gasteiger charge is -2.12. The molecule has 9 aromatic rings. The largest absolute Gasteiger partial charge is 0.386 e. The minimum Gasteiger partial charge on any atom is -0.386 e. The molecule has 0 saturated heterocycles. The summed E-state index contributed by atoms with van der Waals surface area (Å²) in [5.41, 5.74) is 2.13. The van der Waals surface area contributed by atoms with Gasteiger partial charge in [0.15, 0.2) is 0 Å². The average Bonchev–Trinajstić information content (AvgIpc) is 3.60. The zero-order valence-electron chi connectivity index (χ0n) is 20.6. The first-order valence-electron chi connectivity index (χ1n) is 13.0. The van der Waals surface area contributed by atoms with E-state index in [1.165, 1.54) is 32.3 Å². The lowest BCUT2D eigenvalue weighted by atomic mass is 9.88. The van der Waals surface area contributed by atoms with Gasteiger partial charge in [0.25, 0.3) is 0 Å². The maximum atomic E-state index is 13.4. The van der Waals surface area contributed by atoms with Gasteiger partial charge in [0.05, 0.1) is 10.8 Å². The van der Waals surface area contributed by atoms with Gasteiger partial charge in [0.2, 0.25) is 0 Å². The van der Waals surface area contributed by atoms with Crippen molar-refractivity contribution in [3.05, 3.63) is 130 Å². The summed E-state index contributed by atoms with van der Waals surface area (Å²) in [6, 6.07) is 37.1. The van der Waals surface area contributed by atoms with Crippen LogP contribution in [0.15, 0.2) is 123 Å². The van der Waals surface area contributed by atoms with E-state index in [9.17, 15) is 9.59 Å². The smallest absolute Gasteiger partial charge is 0.347 e. The zero-order chi connectivity index (χ0) is 25.8. The van der Waals surface area contributed by atoms with Crippen LogP contribution >= 0.6 is 0 Å². The normalized spacial score (nSPS) is 12.3. The highest BCUT2D eigenvalue weighted by Gasteiger charge is 2.29. The van der Waals surface area contributed by atoms with E-state index in [4.69, 9.17) is 4.42 Å². The van der Waals surface area contributed by atoms with Gasteiger partial charge in [-0.05, 0) is 65.0 Å². The van der Waals surface area contributed by atoms with Crippen LogP contribution in [0.3, 0.4) is 0 Å². The van der Waals surface area contributed by atoms with Crippen molar-refractivity contribution in [3.8, 4) is 22.3 Å². The minimum atomic E-state index is -0.588. The lowest BCUT2D eigenvalue weighted by Crippen LogP contribution is -1.96. The molecule has 9 rings (SSSR count). The summed E-state index contributed by atoms with van der Waals surface area (Å²) in [7, 11) is 0. The van der Waals surface area contributed by atoms with E-state index in [0.29, 0.717) is 10.8 Å². The predicted octanol–water partition coefficient (Wildman–Crippen LogP) is 8.57. The highest BCUT2D eigenvalue weighted by Crippen LogP contribution is 2.52. The molecule has 180 valence electrons. The topological polar surface area (TPSA) is 47.3 Å². The number of fused-ring (bicyclic) bond motifs is 7. The number of benzene rings is 6. The predicted molar refractivity (Wildman–Crippen MR) is 161 cm³/mol. The van der Waals surface area contributed by atoms with Gasteiger partial charge < -0.3 is 4.42 Å². The van der Waals surface area contributed by atoms with E-state index in [-0.39, 0.29) is 0 Å². The molecule has 0 aliphatic carbocycles. The van der Waals surface area contributed by atoms with Crippen LogP contribution in [0.25, 0.3) is 86.9 Å². The van der Waals surface area contributed by atoms with Crippen LogP contribution in [-0.4, -0.2) is 0 Å². The van der Waals surface area contributed by atoms with Crippen molar-refractivity contribution in [1.29, 1.82) is 0 Å². The Hall–Kier alpha value is -5.28. The highest BCUT2D eigenvalue weighted by atomic mass is 16.4. The second-order valence-corrected chi connectivity index (χ2v) is 10.3. The van der Waals surface area contributed by atoms with Crippen LogP contribution in [0.2, 0.25) is 0 Å². The summed E-state index contributed by atoms with van der Waals surface area (Å²) >= 11 is 0. The van der Waals surface area contributed by atoms with Gasteiger partial charge in [-0.3, -0.25) is 0 Å². The lowest BCUT2D eigenvalue weighted by molar-refractivity contribution is 0.500. The van der Waals surface area contributed by atoms with Gasteiger partial charge in [-0.25, -0.2) is 9.59 Å². The highest BCUT2D eigenvalue weighted by molar-refractivity contribution is 6.45. The Bertz CT molecular complexity index is 2340. The van der Waals surface area contributed by atoms with Crippen molar-refractivity contribution in [2.24, 2.45) is 0 Å². The van der Waals surface area contributed by atoms with Gasteiger partial charge in [-0.1, -0.05) is 109 Å². The molecule has 0 aliphatic heterocycles. The molecule has 8 aromatic carbocycles. The maximum Gasteiger partial charge on any atom is 0.347 e. The molecule has 3 heteroatoms. The molecule has 0 aliphatic rings. The van der Waals surface area contributed by atoms with Crippen molar-refractivity contribution in [3.63, 3.8) is 0 Å². The fourth-order valence-electron chi connectivity index (χ4n) is 6.98. The van der Waals surface area contributed by atoms with Crippen LogP contribution in [0.1, 0.15) is 0 Å². The molecule has 0 atom stereocenters. The van der Waals surface area contributed by atoms with Gasteiger partial charge in [-0.2, -0.15) is 0 Å². The number of hydrogen-bond donors (Lipinski definition) is 0. The fourth-order valence-corrected chi connectivity index (χ4v) is 6.98. The molecular weight excluding hydrogens is 480 g/mol. The standard InChI is InChI=1S/C36H18O3/c37-35-33-27(19-9-3-1-4-10-19)31-25-17-15-23-21-13-7-8-14-22(21)24-16-18-26(30(25)29(23)24)32(31)28(34(33)36(38)39-35)20-11-5-2-6-12-20/h1-18H. The van der Waals surface area contributed by atoms with Crippen molar-refractivity contribution in [2.45, 2.75) is 0 Å². The Balaban J connectivity index is 1.67. The van der Waals surface area contributed by atoms with Crippen LogP contribution in [0, 0.1) is 0 Å².